The molecule has 1 aliphatic rings. The maximum absolute atomic E-state index is 11.6. The predicted molar refractivity (Wildman–Crippen MR) is 85.8 cm³/mol. The minimum Gasteiger partial charge on any atom is -0.272 e. The van der Waals surface area contributed by atoms with E-state index in [-0.39, 0.29) is 5.91 Å². The summed E-state index contributed by atoms with van der Waals surface area (Å²) < 4.78 is 0. The smallest absolute Gasteiger partial charge is 0.250 e. The molecule has 1 saturated carbocycles. The van der Waals surface area contributed by atoms with Gasteiger partial charge in [0.15, 0.2) is 0 Å². The highest BCUT2D eigenvalue weighted by Gasteiger charge is 2.10. The molecule has 1 N–H and O–H groups in total. The molecule has 0 spiro atoms. The van der Waals surface area contributed by atoms with E-state index >= 15 is 0 Å². The molecule has 108 valence electrons. The number of nitrogens with zero attached hydrogens (tertiary/aromatic N) is 1. The zero-order chi connectivity index (χ0) is 14.0. The van der Waals surface area contributed by atoms with Crippen LogP contribution in [0.3, 0.4) is 0 Å². The van der Waals surface area contributed by atoms with E-state index in [9.17, 15) is 4.79 Å². The summed E-state index contributed by atoms with van der Waals surface area (Å²) in [5, 5.41) is 4.08. The van der Waals surface area contributed by atoms with E-state index in [0.717, 1.165) is 5.75 Å². The number of amides is 1. The van der Waals surface area contributed by atoms with Crippen molar-refractivity contribution in [3.8, 4) is 0 Å². The molecule has 20 heavy (non-hydrogen) atoms. The second-order valence-electron chi connectivity index (χ2n) is 5.19. The number of nitrogens with one attached hydrogen (secondary N) is 1. The maximum atomic E-state index is 11.6. The lowest BCUT2D eigenvalue weighted by atomic mass is 9.90. The quantitative estimate of drug-likeness (QED) is 0.642. The molecule has 0 aliphatic heterocycles. The fraction of sp³-hybridized carbons (Fsp3) is 0.500. The number of hydrogen-bond acceptors (Lipinski definition) is 3. The largest absolute Gasteiger partial charge is 0.272 e. The van der Waals surface area contributed by atoms with E-state index in [2.05, 4.69) is 22.7 Å². The van der Waals surface area contributed by atoms with Gasteiger partial charge in [0.25, 0.3) is 0 Å². The van der Waals surface area contributed by atoms with E-state index in [1.807, 2.05) is 24.4 Å². The van der Waals surface area contributed by atoms with Crippen LogP contribution in [-0.2, 0) is 10.5 Å². The molecule has 0 aromatic heterocycles. The number of rotatable bonds is 6. The summed E-state index contributed by atoms with van der Waals surface area (Å²) in [7, 11) is 0. The first-order chi connectivity index (χ1) is 9.84. The lowest BCUT2D eigenvalue weighted by Gasteiger charge is -2.16. The molecule has 4 heteroatoms. The lowest BCUT2D eigenvalue weighted by molar-refractivity contribution is -0.118. The van der Waals surface area contributed by atoms with Gasteiger partial charge >= 0.3 is 0 Å². The molecular formula is C16H22N2OS. The van der Waals surface area contributed by atoms with E-state index in [0.29, 0.717) is 11.7 Å². The third kappa shape index (κ3) is 5.78. The van der Waals surface area contributed by atoms with Crippen LogP contribution in [0.25, 0.3) is 0 Å². The average molecular weight is 290 g/mol. The number of carbonyl (C=O) groups excluding carboxylic acids is 1. The summed E-state index contributed by atoms with van der Waals surface area (Å²) in [4.78, 5) is 11.6. The van der Waals surface area contributed by atoms with Crippen molar-refractivity contribution in [2.45, 2.75) is 37.9 Å². The number of carbonyl (C=O) groups is 1. The first-order valence-corrected chi connectivity index (χ1v) is 8.44. The molecule has 1 aromatic rings. The van der Waals surface area contributed by atoms with Crippen molar-refractivity contribution in [2.24, 2.45) is 11.0 Å². The second kappa shape index (κ2) is 8.80. The van der Waals surface area contributed by atoms with Crippen LogP contribution in [0.2, 0.25) is 0 Å². The molecule has 2 rings (SSSR count). The molecule has 0 heterocycles. The average Bonchev–Trinajstić information content (AvgIpc) is 2.49. The van der Waals surface area contributed by atoms with Crippen molar-refractivity contribution >= 4 is 23.9 Å². The Labute approximate surface area is 125 Å². The topological polar surface area (TPSA) is 41.5 Å². The summed E-state index contributed by atoms with van der Waals surface area (Å²) in [5.41, 5.74) is 3.87. The van der Waals surface area contributed by atoms with Gasteiger partial charge in [0.1, 0.15) is 0 Å². The third-order valence-corrected chi connectivity index (χ3v) is 4.47. The molecule has 0 unspecified atom stereocenters. The molecule has 1 aliphatic carbocycles. The van der Waals surface area contributed by atoms with Crippen LogP contribution in [0.1, 0.15) is 37.7 Å². The molecule has 0 atom stereocenters. The van der Waals surface area contributed by atoms with Gasteiger partial charge in [-0.3, -0.25) is 4.79 Å². The number of thioether (sulfide) groups is 1. The van der Waals surface area contributed by atoms with Crippen LogP contribution >= 0.6 is 11.8 Å². The van der Waals surface area contributed by atoms with Gasteiger partial charge in [0.2, 0.25) is 5.91 Å². The molecule has 3 nitrogen and oxygen atoms in total. The first kappa shape index (κ1) is 15.1. The molecule has 1 amide bonds. The van der Waals surface area contributed by atoms with Gasteiger partial charge in [0.05, 0.1) is 5.75 Å². The Bertz CT molecular complexity index is 427. The zero-order valence-electron chi connectivity index (χ0n) is 11.8. The van der Waals surface area contributed by atoms with Crippen LogP contribution < -0.4 is 5.43 Å². The Hall–Kier alpha value is -1.29. The molecule has 0 saturated heterocycles. The summed E-state index contributed by atoms with van der Waals surface area (Å²) in [5.74, 6) is 1.86. The van der Waals surface area contributed by atoms with E-state index < -0.39 is 0 Å². The molecule has 1 aromatic carbocycles. The molecule has 0 radical (unpaired) electrons. The lowest BCUT2D eigenvalue weighted by Crippen LogP contribution is -2.21. The van der Waals surface area contributed by atoms with Crippen LogP contribution in [-0.4, -0.2) is 17.9 Å². The highest BCUT2D eigenvalue weighted by molar-refractivity contribution is 7.99. The number of hydrogen-bond donors (Lipinski definition) is 1. The summed E-state index contributed by atoms with van der Waals surface area (Å²) in [6, 6.07) is 10.2. The SMILES string of the molecule is O=C(CSCc1ccccc1)N/N=C/C1CCCCC1. The Morgan fingerprint density at radius 3 is 2.75 bits per heavy atom. The van der Waals surface area contributed by atoms with Crippen molar-refractivity contribution in [3.63, 3.8) is 0 Å². The van der Waals surface area contributed by atoms with E-state index in [1.165, 1.54) is 37.7 Å². The highest BCUT2D eigenvalue weighted by Crippen LogP contribution is 2.21. The van der Waals surface area contributed by atoms with Gasteiger partial charge in [-0.25, -0.2) is 5.43 Å². The van der Waals surface area contributed by atoms with Gasteiger partial charge < -0.3 is 0 Å². The van der Waals surface area contributed by atoms with Crippen LogP contribution in [0, 0.1) is 5.92 Å². The fourth-order valence-electron chi connectivity index (χ4n) is 2.37. The predicted octanol–water partition coefficient (Wildman–Crippen LogP) is 3.60. The molecular weight excluding hydrogens is 268 g/mol. The number of benzene rings is 1. The van der Waals surface area contributed by atoms with Gasteiger partial charge in [-0.15, -0.1) is 11.8 Å². The maximum Gasteiger partial charge on any atom is 0.250 e. The summed E-state index contributed by atoms with van der Waals surface area (Å²) in [6.45, 7) is 0. The number of hydrazone groups is 1. The Morgan fingerprint density at radius 1 is 1.25 bits per heavy atom. The highest BCUT2D eigenvalue weighted by atomic mass is 32.2. The zero-order valence-corrected chi connectivity index (χ0v) is 12.6. The fourth-order valence-corrected chi connectivity index (χ4v) is 3.15. The standard InChI is InChI=1S/C16H22N2OS/c19-16(13-20-12-15-9-5-2-6-10-15)18-17-11-14-7-3-1-4-8-14/h2,5-6,9-11,14H,1,3-4,7-8,12-13H2,(H,18,19)/b17-11+. The van der Waals surface area contributed by atoms with Gasteiger partial charge in [-0.2, -0.15) is 5.10 Å². The van der Waals surface area contributed by atoms with E-state index in [4.69, 9.17) is 0 Å². The van der Waals surface area contributed by atoms with Crippen LogP contribution in [0.5, 0.6) is 0 Å². The van der Waals surface area contributed by atoms with Gasteiger partial charge in [0, 0.05) is 12.0 Å². The Balaban J connectivity index is 1.59. The van der Waals surface area contributed by atoms with Crippen molar-refractivity contribution in [1.82, 2.24) is 5.43 Å². The normalized spacial score (nSPS) is 16.4. The van der Waals surface area contributed by atoms with Crippen molar-refractivity contribution in [3.05, 3.63) is 35.9 Å². The molecule has 1 fully saturated rings. The Morgan fingerprint density at radius 2 is 2.00 bits per heavy atom. The van der Waals surface area contributed by atoms with Gasteiger partial charge in [-0.05, 0) is 24.3 Å². The second-order valence-corrected chi connectivity index (χ2v) is 6.18. The minimum atomic E-state index is -0.0157. The first-order valence-electron chi connectivity index (χ1n) is 7.28. The van der Waals surface area contributed by atoms with Crippen molar-refractivity contribution in [1.29, 1.82) is 0 Å². The van der Waals surface area contributed by atoms with Crippen LogP contribution in [0.4, 0.5) is 0 Å². The van der Waals surface area contributed by atoms with Crippen LogP contribution in [0.15, 0.2) is 35.4 Å². The Kier molecular flexibility index (Phi) is 6.64. The summed E-state index contributed by atoms with van der Waals surface area (Å²) >= 11 is 1.61. The van der Waals surface area contributed by atoms with Crippen molar-refractivity contribution in [2.75, 3.05) is 5.75 Å². The monoisotopic (exact) mass is 290 g/mol. The minimum absolute atomic E-state index is 0.0157. The van der Waals surface area contributed by atoms with Crippen molar-refractivity contribution < 1.29 is 4.79 Å². The van der Waals surface area contributed by atoms with Gasteiger partial charge in [-0.1, -0.05) is 49.6 Å². The third-order valence-electron chi connectivity index (χ3n) is 3.47. The van der Waals surface area contributed by atoms with E-state index in [1.54, 1.807) is 11.8 Å². The summed E-state index contributed by atoms with van der Waals surface area (Å²) in [6.07, 6.45) is 8.26. The molecule has 0 bridgehead atoms.